The summed E-state index contributed by atoms with van der Waals surface area (Å²) in [6, 6.07) is 7.71. The average Bonchev–Trinajstić information content (AvgIpc) is 2.76. The molecule has 0 atom stereocenters. The summed E-state index contributed by atoms with van der Waals surface area (Å²) in [6.45, 7) is 1.69. The highest BCUT2D eigenvalue weighted by atomic mass is 35.5. The fourth-order valence-corrected chi connectivity index (χ4v) is 3.03. The van der Waals surface area contributed by atoms with Gasteiger partial charge in [0.15, 0.2) is 0 Å². The number of hydrogen-bond donors (Lipinski definition) is 1. The van der Waals surface area contributed by atoms with E-state index in [9.17, 15) is 27.6 Å². The Kier molecular flexibility index (Phi) is 6.92. The molecule has 1 aromatic carbocycles. The van der Waals surface area contributed by atoms with E-state index in [1.807, 2.05) is 0 Å². The molecule has 0 fully saturated rings. The number of ether oxygens (including phenoxy) is 1. The topological polar surface area (TPSA) is 95.2 Å². The van der Waals surface area contributed by atoms with Gasteiger partial charge >= 0.3 is 11.9 Å². The molecule has 2 heterocycles. The number of nitrogens with one attached hydrogen (secondary N) is 1. The molecule has 3 aromatic rings. The van der Waals surface area contributed by atoms with E-state index < -0.39 is 29.0 Å². The van der Waals surface area contributed by atoms with E-state index in [0.29, 0.717) is 25.9 Å². The second kappa shape index (κ2) is 9.49. The first-order valence-electron chi connectivity index (χ1n) is 9.59. The second-order valence-electron chi connectivity index (χ2n) is 6.90. The molecule has 1 N–H and O–H groups in total. The smallest absolute Gasteiger partial charge is 0.431 e. The zero-order valence-corrected chi connectivity index (χ0v) is 18.2. The molecule has 1 amide bonds. The van der Waals surface area contributed by atoms with Gasteiger partial charge in [-0.1, -0.05) is 24.6 Å². The quantitative estimate of drug-likeness (QED) is 0.542. The minimum Gasteiger partial charge on any atom is -0.489 e. The van der Waals surface area contributed by atoms with Gasteiger partial charge in [-0.2, -0.15) is 13.2 Å². The molecule has 0 aliphatic heterocycles. The lowest BCUT2D eigenvalue weighted by molar-refractivity contribution is -0.144. The summed E-state index contributed by atoms with van der Waals surface area (Å²) in [7, 11) is 0.906. The lowest BCUT2D eigenvalue weighted by Gasteiger charge is -2.17. The number of amides is 1. The maximum Gasteiger partial charge on any atom is 0.431 e. The van der Waals surface area contributed by atoms with Crippen molar-refractivity contribution in [2.24, 2.45) is 7.05 Å². The monoisotopic (exact) mass is 482 g/mol. The number of hydrogen-bond acceptors (Lipinski definition) is 5. The molecule has 8 nitrogen and oxygen atoms in total. The number of alkyl halides is 3. The van der Waals surface area contributed by atoms with E-state index in [0.717, 1.165) is 7.05 Å². The predicted octanol–water partition coefficient (Wildman–Crippen LogP) is 3.53. The zero-order chi connectivity index (χ0) is 24.3. The van der Waals surface area contributed by atoms with Crippen LogP contribution >= 0.6 is 11.6 Å². The molecular formula is C21H18ClF3N4O4. The third-order valence-electron chi connectivity index (χ3n) is 4.61. The Bertz CT molecular complexity index is 1300. The second-order valence-corrected chi connectivity index (χ2v) is 7.29. The van der Waals surface area contributed by atoms with E-state index in [4.69, 9.17) is 16.3 Å². The lowest BCUT2D eigenvalue weighted by Crippen LogP contribution is -2.41. The van der Waals surface area contributed by atoms with Gasteiger partial charge in [-0.15, -0.1) is 0 Å². The van der Waals surface area contributed by atoms with Crippen LogP contribution in [-0.2, 0) is 24.6 Å². The van der Waals surface area contributed by atoms with Gasteiger partial charge in [-0.25, -0.2) is 14.3 Å². The molecule has 33 heavy (non-hydrogen) atoms. The number of carbonyl (C=O) groups excluding carboxylic acids is 1. The highest BCUT2D eigenvalue weighted by Crippen LogP contribution is 2.28. The molecule has 0 aliphatic carbocycles. The zero-order valence-electron chi connectivity index (χ0n) is 17.4. The predicted molar refractivity (Wildman–Crippen MR) is 115 cm³/mol. The average molecular weight is 483 g/mol. The number of rotatable bonds is 6. The number of nitrogens with zero attached hydrogens (tertiary/aromatic N) is 3. The van der Waals surface area contributed by atoms with Crippen LogP contribution < -0.4 is 21.3 Å². The molecule has 3 rings (SSSR count). The van der Waals surface area contributed by atoms with Gasteiger partial charge in [0, 0.05) is 37.4 Å². The Balaban J connectivity index is 2.05. The van der Waals surface area contributed by atoms with Crippen LogP contribution in [0.25, 0.3) is 5.69 Å². The standard InChI is InChI=1S/C21H18ClF3N4O4/c1-3-18(30)27-14-8-13(33-11-12-4-7-17(22)26-10-12)5-6-15(14)29-19(31)9-16(21(23,24)25)28(2)20(29)32/h4-10H,3,11H2,1-2H3,(H,27,30). The molecule has 0 saturated carbocycles. The summed E-state index contributed by atoms with van der Waals surface area (Å²) < 4.78 is 46.0. The molecule has 12 heteroatoms. The molecule has 2 aromatic heterocycles. The van der Waals surface area contributed by atoms with Crippen molar-refractivity contribution in [3.05, 3.63) is 79.8 Å². The van der Waals surface area contributed by atoms with Crippen molar-refractivity contribution < 1.29 is 22.7 Å². The van der Waals surface area contributed by atoms with Gasteiger partial charge in [0.2, 0.25) is 5.91 Å². The fourth-order valence-electron chi connectivity index (χ4n) is 2.92. The van der Waals surface area contributed by atoms with Crippen LogP contribution in [0.1, 0.15) is 24.6 Å². The Hall–Kier alpha value is -3.60. The van der Waals surface area contributed by atoms with Crippen molar-refractivity contribution in [3.8, 4) is 11.4 Å². The summed E-state index contributed by atoms with van der Waals surface area (Å²) in [6.07, 6.45) is -3.29. The summed E-state index contributed by atoms with van der Waals surface area (Å²) in [5.41, 5.74) is -3.18. The molecule has 0 aliphatic rings. The molecule has 0 bridgehead atoms. The van der Waals surface area contributed by atoms with Crippen LogP contribution in [0.3, 0.4) is 0 Å². The highest BCUT2D eigenvalue weighted by Gasteiger charge is 2.35. The fraction of sp³-hybridized carbons (Fsp3) is 0.238. The maximum atomic E-state index is 13.1. The van der Waals surface area contributed by atoms with E-state index in [2.05, 4.69) is 10.3 Å². The molecular weight excluding hydrogens is 465 g/mol. The molecule has 0 saturated heterocycles. The largest absolute Gasteiger partial charge is 0.489 e. The molecule has 174 valence electrons. The summed E-state index contributed by atoms with van der Waals surface area (Å²) in [5.74, 6) is -0.163. The van der Waals surface area contributed by atoms with E-state index in [1.54, 1.807) is 19.1 Å². The van der Waals surface area contributed by atoms with Gasteiger partial charge in [-0.05, 0) is 18.2 Å². The number of halogens is 4. The van der Waals surface area contributed by atoms with Gasteiger partial charge < -0.3 is 10.1 Å². The third kappa shape index (κ3) is 5.43. The van der Waals surface area contributed by atoms with E-state index >= 15 is 0 Å². The summed E-state index contributed by atoms with van der Waals surface area (Å²) in [4.78, 5) is 41.1. The van der Waals surface area contributed by atoms with Crippen LogP contribution in [0.15, 0.2) is 52.2 Å². The van der Waals surface area contributed by atoms with Crippen molar-refractivity contribution in [2.75, 3.05) is 5.32 Å². The van der Waals surface area contributed by atoms with Crippen LogP contribution in [0.2, 0.25) is 5.15 Å². The van der Waals surface area contributed by atoms with Crippen molar-refractivity contribution in [3.63, 3.8) is 0 Å². The Morgan fingerprint density at radius 3 is 2.52 bits per heavy atom. The first kappa shape index (κ1) is 24.1. The van der Waals surface area contributed by atoms with Gasteiger partial charge in [0.1, 0.15) is 23.2 Å². The summed E-state index contributed by atoms with van der Waals surface area (Å²) >= 11 is 5.75. The lowest BCUT2D eigenvalue weighted by atomic mass is 10.2. The number of carbonyl (C=O) groups is 1. The van der Waals surface area contributed by atoms with Crippen molar-refractivity contribution in [1.29, 1.82) is 0 Å². The Morgan fingerprint density at radius 1 is 1.18 bits per heavy atom. The number of benzene rings is 1. The van der Waals surface area contributed by atoms with Crippen molar-refractivity contribution in [2.45, 2.75) is 26.1 Å². The number of pyridine rings is 1. The van der Waals surface area contributed by atoms with Crippen molar-refractivity contribution in [1.82, 2.24) is 14.1 Å². The number of aromatic nitrogens is 3. The highest BCUT2D eigenvalue weighted by molar-refractivity contribution is 6.29. The minimum atomic E-state index is -4.89. The first-order chi connectivity index (χ1) is 15.5. The first-order valence-corrected chi connectivity index (χ1v) is 9.97. The van der Waals surface area contributed by atoms with E-state index in [1.165, 1.54) is 24.4 Å². The van der Waals surface area contributed by atoms with Gasteiger partial charge in [0.05, 0.1) is 11.4 Å². The molecule has 0 radical (unpaired) electrons. The van der Waals surface area contributed by atoms with Gasteiger partial charge in [0.25, 0.3) is 5.56 Å². The van der Waals surface area contributed by atoms with Crippen LogP contribution in [0.5, 0.6) is 5.75 Å². The SMILES string of the molecule is CCC(=O)Nc1cc(OCc2ccc(Cl)nc2)ccc1-n1c(=O)cc(C(F)(F)F)n(C)c1=O. The van der Waals surface area contributed by atoms with Crippen LogP contribution in [0, 0.1) is 0 Å². The molecule has 0 spiro atoms. The summed E-state index contributed by atoms with van der Waals surface area (Å²) in [5, 5.41) is 2.86. The van der Waals surface area contributed by atoms with Crippen molar-refractivity contribution >= 4 is 23.2 Å². The Labute approximate surface area is 190 Å². The number of anilines is 1. The Morgan fingerprint density at radius 2 is 1.91 bits per heavy atom. The molecule has 0 unspecified atom stereocenters. The van der Waals surface area contributed by atoms with E-state index in [-0.39, 0.29) is 30.2 Å². The minimum absolute atomic E-state index is 0.0209. The third-order valence-corrected chi connectivity index (χ3v) is 4.83. The van der Waals surface area contributed by atoms with Crippen LogP contribution in [-0.4, -0.2) is 20.0 Å². The van der Waals surface area contributed by atoms with Crippen LogP contribution in [0.4, 0.5) is 18.9 Å². The van der Waals surface area contributed by atoms with Gasteiger partial charge in [-0.3, -0.25) is 14.2 Å². The maximum absolute atomic E-state index is 13.1. The normalized spacial score (nSPS) is 11.3.